The van der Waals surface area contributed by atoms with E-state index in [0.717, 1.165) is 73.0 Å². The van der Waals surface area contributed by atoms with Crippen LogP contribution in [-0.2, 0) is 0 Å². The molecule has 0 aliphatic rings. The maximum atomic E-state index is 4.97. The number of aryl methyl sites for hydroxylation is 1. The van der Waals surface area contributed by atoms with E-state index in [2.05, 4.69) is 48.1 Å². The molecule has 0 radical (unpaired) electrons. The summed E-state index contributed by atoms with van der Waals surface area (Å²) in [5.74, 6) is 0. The highest BCUT2D eigenvalue weighted by Gasteiger charge is 2.16. The molecule has 0 amide bonds. The predicted molar refractivity (Wildman–Crippen MR) is 153 cm³/mol. The van der Waals surface area contributed by atoms with Crippen molar-refractivity contribution in [3.8, 4) is 28.3 Å². The molecule has 0 aliphatic heterocycles. The van der Waals surface area contributed by atoms with Gasteiger partial charge < -0.3 is 14.9 Å². The van der Waals surface area contributed by atoms with Crippen LogP contribution in [0.25, 0.3) is 56.1 Å². The smallest absolute Gasteiger partial charge is 0.139 e. The molecule has 0 unspecified atom stereocenters. The van der Waals surface area contributed by atoms with Crippen LogP contribution in [0.4, 0.5) is 5.69 Å². The van der Waals surface area contributed by atoms with Gasteiger partial charge >= 0.3 is 0 Å². The van der Waals surface area contributed by atoms with Gasteiger partial charge in [-0.25, -0.2) is 15.0 Å². The maximum absolute atomic E-state index is 4.97. The molecule has 0 spiro atoms. The highest BCUT2D eigenvalue weighted by Crippen LogP contribution is 2.31. The van der Waals surface area contributed by atoms with Gasteiger partial charge in [0.15, 0.2) is 0 Å². The highest BCUT2D eigenvalue weighted by molar-refractivity contribution is 5.95. The number of anilines is 1. The Labute approximate surface area is 223 Å². The zero-order chi connectivity index (χ0) is 26.3. The fraction of sp³-hybridized carbons (Fsp3) is 0.0333. The highest BCUT2D eigenvalue weighted by atomic mass is 15.1. The van der Waals surface area contributed by atoms with Crippen LogP contribution in [0.15, 0.2) is 98.4 Å². The minimum Gasteiger partial charge on any atom is -0.354 e. The average Bonchev–Trinajstić information content (AvgIpc) is 3.71. The van der Waals surface area contributed by atoms with Gasteiger partial charge in [-0.15, -0.1) is 0 Å². The van der Waals surface area contributed by atoms with Gasteiger partial charge in [-0.3, -0.25) is 10.1 Å². The lowest BCUT2D eigenvalue weighted by Gasteiger charge is -2.10. The molecule has 0 fully saturated rings. The summed E-state index contributed by atoms with van der Waals surface area (Å²) in [6, 6.07) is 20.0. The monoisotopic (exact) mass is 509 g/mol. The van der Waals surface area contributed by atoms with Gasteiger partial charge in [-0.1, -0.05) is 36.9 Å². The molecule has 7 aromatic rings. The van der Waals surface area contributed by atoms with E-state index in [0.29, 0.717) is 0 Å². The third-order valence-electron chi connectivity index (χ3n) is 6.61. The van der Waals surface area contributed by atoms with Crippen molar-refractivity contribution >= 4 is 33.5 Å². The molecular weight excluding hydrogens is 486 g/mol. The van der Waals surface area contributed by atoms with Crippen molar-refractivity contribution in [2.24, 2.45) is 0 Å². The van der Waals surface area contributed by atoms with Crippen molar-refractivity contribution < 1.29 is 0 Å². The fourth-order valence-corrected chi connectivity index (χ4v) is 4.70. The molecule has 188 valence electrons. The van der Waals surface area contributed by atoms with E-state index < -0.39 is 0 Å². The first-order valence-corrected chi connectivity index (χ1v) is 12.4. The Kier molecular flexibility index (Phi) is 5.26. The summed E-state index contributed by atoms with van der Waals surface area (Å²) >= 11 is 0. The van der Waals surface area contributed by atoms with Gasteiger partial charge in [0.2, 0.25) is 0 Å². The van der Waals surface area contributed by atoms with Gasteiger partial charge in [-0.2, -0.15) is 5.10 Å². The largest absolute Gasteiger partial charge is 0.354 e. The van der Waals surface area contributed by atoms with Crippen molar-refractivity contribution in [3.63, 3.8) is 0 Å². The number of aromatic amines is 2. The Morgan fingerprint density at radius 3 is 2.74 bits per heavy atom. The normalized spacial score (nSPS) is 11.3. The van der Waals surface area contributed by atoms with Crippen molar-refractivity contribution in [1.82, 2.24) is 39.7 Å². The van der Waals surface area contributed by atoms with Crippen LogP contribution in [0.5, 0.6) is 0 Å². The molecule has 3 N–H and O–H groups in total. The van der Waals surface area contributed by atoms with E-state index in [1.54, 1.807) is 24.9 Å². The Morgan fingerprint density at radius 2 is 1.90 bits per heavy atom. The second-order valence-corrected chi connectivity index (χ2v) is 9.29. The van der Waals surface area contributed by atoms with Gasteiger partial charge in [0, 0.05) is 35.2 Å². The van der Waals surface area contributed by atoms with E-state index in [4.69, 9.17) is 4.98 Å². The SMILES string of the molecule is C=C(Nc1cncc(-c2ccc3[nH]nc(-c4cc5c(-n6cnc(C)c6)ccnc5[nH]4)c3n2)c1)c1ccccc1. The van der Waals surface area contributed by atoms with Gasteiger partial charge in [0.05, 0.1) is 46.5 Å². The number of hydrogen-bond donors (Lipinski definition) is 3. The van der Waals surface area contributed by atoms with Crippen LogP contribution >= 0.6 is 0 Å². The summed E-state index contributed by atoms with van der Waals surface area (Å²) < 4.78 is 2.00. The number of pyridine rings is 3. The molecular formula is C30H23N9. The van der Waals surface area contributed by atoms with Crippen LogP contribution in [0.1, 0.15) is 11.3 Å². The average molecular weight is 510 g/mol. The van der Waals surface area contributed by atoms with E-state index >= 15 is 0 Å². The Morgan fingerprint density at radius 1 is 1.00 bits per heavy atom. The van der Waals surface area contributed by atoms with Crippen LogP contribution < -0.4 is 5.32 Å². The van der Waals surface area contributed by atoms with Crippen molar-refractivity contribution in [2.45, 2.75) is 6.92 Å². The predicted octanol–water partition coefficient (Wildman–Crippen LogP) is 6.14. The zero-order valence-corrected chi connectivity index (χ0v) is 21.1. The van der Waals surface area contributed by atoms with E-state index in [-0.39, 0.29) is 0 Å². The number of nitrogens with zero attached hydrogens (tertiary/aromatic N) is 6. The minimum atomic E-state index is 0.720. The number of fused-ring (bicyclic) bond motifs is 2. The molecule has 9 nitrogen and oxygen atoms in total. The lowest BCUT2D eigenvalue weighted by molar-refractivity contribution is 1.06. The van der Waals surface area contributed by atoms with E-state index in [1.165, 1.54) is 0 Å². The molecule has 7 rings (SSSR count). The lowest BCUT2D eigenvalue weighted by Crippen LogP contribution is -1.98. The van der Waals surface area contributed by atoms with Crippen molar-refractivity contribution in [2.75, 3.05) is 5.32 Å². The number of hydrogen-bond acceptors (Lipinski definition) is 6. The quantitative estimate of drug-likeness (QED) is 0.248. The van der Waals surface area contributed by atoms with Gasteiger partial charge in [0.25, 0.3) is 0 Å². The summed E-state index contributed by atoms with van der Waals surface area (Å²) in [7, 11) is 0. The number of imidazole rings is 1. The number of rotatable bonds is 6. The number of benzene rings is 1. The lowest BCUT2D eigenvalue weighted by atomic mass is 10.1. The zero-order valence-electron chi connectivity index (χ0n) is 21.1. The molecule has 0 atom stereocenters. The summed E-state index contributed by atoms with van der Waals surface area (Å²) in [5.41, 5.74) is 10.2. The molecule has 0 saturated heterocycles. The minimum absolute atomic E-state index is 0.720. The number of H-pyrrole nitrogens is 2. The second kappa shape index (κ2) is 9.07. The maximum Gasteiger partial charge on any atom is 0.139 e. The Bertz CT molecular complexity index is 1980. The summed E-state index contributed by atoms with van der Waals surface area (Å²) in [6.45, 7) is 6.14. The molecule has 6 aromatic heterocycles. The van der Waals surface area contributed by atoms with E-state index in [9.17, 15) is 0 Å². The Hall–Kier alpha value is -5.57. The second-order valence-electron chi connectivity index (χ2n) is 9.29. The van der Waals surface area contributed by atoms with Crippen molar-refractivity contribution in [1.29, 1.82) is 0 Å². The topological polar surface area (TPSA) is 113 Å². The Balaban J connectivity index is 1.25. The molecule has 9 heteroatoms. The van der Waals surface area contributed by atoms with Crippen LogP contribution in [-0.4, -0.2) is 39.7 Å². The summed E-state index contributed by atoms with van der Waals surface area (Å²) in [4.78, 5) is 21.7. The molecule has 0 bridgehead atoms. The van der Waals surface area contributed by atoms with Gasteiger partial charge in [0.1, 0.15) is 16.9 Å². The molecule has 6 heterocycles. The van der Waals surface area contributed by atoms with Crippen LogP contribution in [0.2, 0.25) is 0 Å². The molecule has 0 aliphatic carbocycles. The van der Waals surface area contributed by atoms with Crippen molar-refractivity contribution in [3.05, 3.63) is 110 Å². The first kappa shape index (κ1) is 22.6. The molecule has 39 heavy (non-hydrogen) atoms. The van der Waals surface area contributed by atoms with Crippen LogP contribution in [0.3, 0.4) is 0 Å². The summed E-state index contributed by atoms with van der Waals surface area (Å²) in [5, 5.41) is 12.0. The summed E-state index contributed by atoms with van der Waals surface area (Å²) in [6.07, 6.45) is 9.16. The fourth-order valence-electron chi connectivity index (χ4n) is 4.70. The number of aromatic nitrogens is 8. The number of nitrogens with one attached hydrogen (secondary N) is 3. The third kappa shape index (κ3) is 4.11. The molecule has 0 saturated carbocycles. The standard InChI is InChI=1S/C30H23N9/c1-18-16-39(17-33-18)27-10-11-32-30-23(27)13-26(36-30)29-28-25(37-38-29)9-8-24(35-28)21-12-22(15-31-14-21)34-19(2)20-6-4-3-5-7-20/h3-17,34H,2H2,1H3,(H,32,36)(H,37,38). The molecule has 1 aromatic carbocycles. The third-order valence-corrected chi connectivity index (χ3v) is 6.61. The first-order valence-electron chi connectivity index (χ1n) is 12.4. The first-order chi connectivity index (χ1) is 19.1. The van der Waals surface area contributed by atoms with Gasteiger partial charge in [-0.05, 0) is 42.8 Å². The van der Waals surface area contributed by atoms with Crippen LogP contribution in [0, 0.1) is 6.92 Å². The van der Waals surface area contributed by atoms with E-state index in [1.807, 2.05) is 72.3 Å².